The molecule has 0 saturated heterocycles. The molecule has 0 amide bonds. The first kappa shape index (κ1) is 15.8. The van der Waals surface area contributed by atoms with Crippen LogP contribution in [0.2, 0.25) is 0 Å². The van der Waals surface area contributed by atoms with Crippen molar-refractivity contribution in [2.75, 3.05) is 0 Å². The van der Waals surface area contributed by atoms with Crippen LogP contribution in [0.1, 0.15) is 44.9 Å². The second kappa shape index (κ2) is 8.74. The summed E-state index contributed by atoms with van der Waals surface area (Å²) in [6.07, 6.45) is 23.0. The van der Waals surface area contributed by atoms with E-state index in [1.54, 1.807) is 0 Å². The lowest BCUT2D eigenvalue weighted by Crippen LogP contribution is -2.23. The molecule has 0 unspecified atom stereocenters. The van der Waals surface area contributed by atoms with E-state index < -0.39 is 0 Å². The minimum atomic E-state index is 0.265. The molecule has 19 heavy (non-hydrogen) atoms. The molecule has 1 aliphatic rings. The average molecular weight is 255 g/mol. The van der Waals surface area contributed by atoms with Gasteiger partial charge in [0.15, 0.2) is 0 Å². The molecule has 1 aliphatic carbocycles. The summed E-state index contributed by atoms with van der Waals surface area (Å²) >= 11 is 0. The van der Waals surface area contributed by atoms with Gasteiger partial charge in [0, 0.05) is 0 Å². The summed E-state index contributed by atoms with van der Waals surface area (Å²) in [5, 5.41) is 0. The van der Waals surface area contributed by atoms with Crippen LogP contribution in [-0.2, 0) is 0 Å². The molecule has 0 fully saturated rings. The topological polar surface area (TPSA) is 0 Å². The van der Waals surface area contributed by atoms with Gasteiger partial charge in [0.1, 0.15) is 0 Å². The fourth-order valence-corrected chi connectivity index (χ4v) is 2.85. The third kappa shape index (κ3) is 4.70. The van der Waals surface area contributed by atoms with Gasteiger partial charge in [-0.05, 0) is 62.4 Å². The van der Waals surface area contributed by atoms with Gasteiger partial charge in [-0.15, -0.1) is 19.7 Å². The Labute approximate surface area is 119 Å². The summed E-state index contributed by atoms with van der Waals surface area (Å²) in [5.41, 5.74) is 1.77. The molecular formula is C19H27. The van der Waals surface area contributed by atoms with Crippen molar-refractivity contribution >= 4 is 0 Å². The molecule has 0 saturated carbocycles. The first-order valence-electron chi connectivity index (χ1n) is 7.32. The Kier molecular flexibility index (Phi) is 7.25. The molecule has 103 valence electrons. The molecule has 0 heteroatoms. The standard InChI is InChI=1S/C19H27/c1-4-7-15-19(16-8-5-2,17-9-6-3)18-13-11-10-12-14-18/h4-6,10-11,13-14H,1-3,7-9,12,15-17H2. The fourth-order valence-electron chi connectivity index (χ4n) is 2.85. The summed E-state index contributed by atoms with van der Waals surface area (Å²) in [6.45, 7) is 11.7. The first-order valence-corrected chi connectivity index (χ1v) is 7.32. The van der Waals surface area contributed by atoms with Gasteiger partial charge in [-0.3, -0.25) is 0 Å². The number of hydrogen-bond acceptors (Lipinski definition) is 0. The van der Waals surface area contributed by atoms with Gasteiger partial charge in [-0.1, -0.05) is 36.5 Å². The lowest BCUT2D eigenvalue weighted by atomic mass is 9.68. The quantitative estimate of drug-likeness (QED) is 0.422. The highest BCUT2D eigenvalue weighted by atomic mass is 14.3. The minimum Gasteiger partial charge on any atom is -0.103 e. The van der Waals surface area contributed by atoms with Crippen molar-refractivity contribution < 1.29 is 0 Å². The van der Waals surface area contributed by atoms with Crippen LogP contribution in [0.25, 0.3) is 0 Å². The van der Waals surface area contributed by atoms with Crippen LogP contribution in [0.5, 0.6) is 0 Å². The molecule has 1 rings (SSSR count). The lowest BCUT2D eigenvalue weighted by molar-refractivity contribution is 0.287. The predicted molar refractivity (Wildman–Crippen MR) is 86.9 cm³/mol. The SMILES string of the molecule is C=CCCC(CCC=C)(CCC=C)C1=CC[CH]C=C1. The molecule has 0 atom stereocenters. The molecule has 0 heterocycles. The maximum absolute atomic E-state index is 3.89. The largest absolute Gasteiger partial charge is 0.103 e. The second-order valence-electron chi connectivity index (χ2n) is 5.25. The van der Waals surface area contributed by atoms with Crippen LogP contribution < -0.4 is 0 Å². The average Bonchev–Trinajstić information content (AvgIpc) is 2.48. The second-order valence-corrected chi connectivity index (χ2v) is 5.25. The summed E-state index contributed by atoms with van der Waals surface area (Å²) in [5.74, 6) is 0. The number of allylic oxidation sites excluding steroid dienone is 7. The molecule has 1 radical (unpaired) electrons. The highest BCUT2D eigenvalue weighted by Gasteiger charge is 2.31. The Bertz CT molecular complexity index is 323. The van der Waals surface area contributed by atoms with E-state index in [0.717, 1.165) is 25.7 Å². The van der Waals surface area contributed by atoms with Gasteiger partial charge in [0.05, 0.1) is 0 Å². The smallest absolute Gasteiger partial charge is 0.00414 e. The molecule has 0 nitrogen and oxygen atoms in total. The summed E-state index contributed by atoms with van der Waals surface area (Å²) in [7, 11) is 0. The van der Waals surface area contributed by atoms with Crippen molar-refractivity contribution in [3.63, 3.8) is 0 Å². The summed E-state index contributed by atoms with van der Waals surface area (Å²) in [4.78, 5) is 0. The summed E-state index contributed by atoms with van der Waals surface area (Å²) in [6, 6.07) is 0. The van der Waals surface area contributed by atoms with E-state index in [4.69, 9.17) is 0 Å². The van der Waals surface area contributed by atoms with E-state index in [0.29, 0.717) is 0 Å². The zero-order valence-electron chi connectivity index (χ0n) is 12.1. The molecule has 0 aromatic heterocycles. The fraction of sp³-hybridized carbons (Fsp3) is 0.421. The maximum Gasteiger partial charge on any atom is -0.00414 e. The highest BCUT2D eigenvalue weighted by Crippen LogP contribution is 2.44. The molecule has 0 aromatic rings. The normalized spacial score (nSPS) is 14.8. The monoisotopic (exact) mass is 255 g/mol. The zero-order chi connectivity index (χ0) is 14.0. The van der Waals surface area contributed by atoms with Crippen LogP contribution in [0, 0.1) is 11.8 Å². The number of hydrogen-bond donors (Lipinski definition) is 0. The van der Waals surface area contributed by atoms with E-state index in [1.165, 1.54) is 24.8 Å². The third-order valence-corrected chi connectivity index (χ3v) is 3.98. The van der Waals surface area contributed by atoms with Crippen LogP contribution >= 0.6 is 0 Å². The van der Waals surface area contributed by atoms with E-state index >= 15 is 0 Å². The van der Waals surface area contributed by atoms with Crippen LogP contribution in [-0.4, -0.2) is 0 Å². The molecule has 0 N–H and O–H groups in total. The number of rotatable bonds is 10. The van der Waals surface area contributed by atoms with Crippen molar-refractivity contribution in [2.45, 2.75) is 44.9 Å². The van der Waals surface area contributed by atoms with Gasteiger partial charge < -0.3 is 0 Å². The Morgan fingerprint density at radius 2 is 1.47 bits per heavy atom. The van der Waals surface area contributed by atoms with Crippen molar-refractivity contribution in [3.05, 3.63) is 68.2 Å². The Morgan fingerprint density at radius 1 is 0.947 bits per heavy atom. The van der Waals surface area contributed by atoms with Crippen LogP contribution in [0.3, 0.4) is 0 Å². The Balaban J connectivity index is 2.95. The lowest BCUT2D eigenvalue weighted by Gasteiger charge is -2.36. The van der Waals surface area contributed by atoms with E-state index in [-0.39, 0.29) is 5.41 Å². The molecular weight excluding hydrogens is 228 g/mol. The van der Waals surface area contributed by atoms with E-state index in [9.17, 15) is 0 Å². The van der Waals surface area contributed by atoms with Crippen LogP contribution in [0.4, 0.5) is 0 Å². The first-order chi connectivity index (χ1) is 9.29. The van der Waals surface area contributed by atoms with Crippen molar-refractivity contribution in [2.24, 2.45) is 5.41 Å². The van der Waals surface area contributed by atoms with Crippen molar-refractivity contribution in [1.82, 2.24) is 0 Å². The molecule has 0 bridgehead atoms. The Hall–Kier alpha value is -1.30. The van der Waals surface area contributed by atoms with Crippen molar-refractivity contribution in [3.8, 4) is 0 Å². The zero-order valence-corrected chi connectivity index (χ0v) is 12.1. The molecule has 0 spiro atoms. The van der Waals surface area contributed by atoms with E-state index in [2.05, 4.69) is 44.4 Å². The van der Waals surface area contributed by atoms with Gasteiger partial charge in [0.25, 0.3) is 0 Å². The minimum absolute atomic E-state index is 0.265. The molecule has 0 aromatic carbocycles. The van der Waals surface area contributed by atoms with Gasteiger partial charge in [0.2, 0.25) is 0 Å². The maximum atomic E-state index is 3.89. The van der Waals surface area contributed by atoms with Crippen LogP contribution in [0.15, 0.2) is 61.8 Å². The third-order valence-electron chi connectivity index (χ3n) is 3.98. The Morgan fingerprint density at radius 3 is 1.84 bits per heavy atom. The van der Waals surface area contributed by atoms with Crippen molar-refractivity contribution in [1.29, 1.82) is 0 Å². The molecule has 0 aliphatic heterocycles. The van der Waals surface area contributed by atoms with Gasteiger partial charge in [-0.2, -0.15) is 0 Å². The van der Waals surface area contributed by atoms with Gasteiger partial charge in [-0.25, -0.2) is 0 Å². The highest BCUT2D eigenvalue weighted by molar-refractivity contribution is 5.33. The van der Waals surface area contributed by atoms with Gasteiger partial charge >= 0.3 is 0 Å². The van der Waals surface area contributed by atoms with E-state index in [1.807, 2.05) is 18.2 Å². The predicted octanol–water partition coefficient (Wildman–Crippen LogP) is 5.96. The summed E-state index contributed by atoms with van der Waals surface area (Å²) < 4.78 is 0.